The lowest BCUT2D eigenvalue weighted by atomic mass is 10.1. The van der Waals surface area contributed by atoms with E-state index in [-0.39, 0.29) is 17.1 Å². The number of carbonyl (C=O) groups is 2. The van der Waals surface area contributed by atoms with E-state index < -0.39 is 0 Å². The number of hydrogen-bond acceptors (Lipinski definition) is 6. The zero-order valence-corrected chi connectivity index (χ0v) is 15.9. The van der Waals surface area contributed by atoms with Crippen LogP contribution in [0.2, 0.25) is 0 Å². The molecule has 1 aromatic carbocycles. The molecule has 128 valence electrons. The van der Waals surface area contributed by atoms with Gasteiger partial charge in [0.1, 0.15) is 0 Å². The molecule has 6 nitrogen and oxygen atoms in total. The molecule has 0 spiro atoms. The van der Waals surface area contributed by atoms with Gasteiger partial charge in [-0.25, -0.2) is 0 Å². The summed E-state index contributed by atoms with van der Waals surface area (Å²) in [5.41, 5.74) is 4.11. The van der Waals surface area contributed by atoms with Gasteiger partial charge in [0.25, 0.3) is 0 Å². The minimum Gasteiger partial charge on any atom is -0.325 e. The van der Waals surface area contributed by atoms with E-state index in [4.69, 9.17) is 0 Å². The first-order valence-corrected chi connectivity index (χ1v) is 9.12. The van der Waals surface area contributed by atoms with Crippen molar-refractivity contribution < 1.29 is 9.59 Å². The molecule has 24 heavy (non-hydrogen) atoms. The highest BCUT2D eigenvalue weighted by molar-refractivity contribution is 8.02. The third-order valence-electron chi connectivity index (χ3n) is 3.26. The molecule has 2 N–H and O–H groups in total. The first-order chi connectivity index (χ1) is 11.3. The highest BCUT2D eigenvalue weighted by atomic mass is 32.2. The van der Waals surface area contributed by atoms with E-state index in [0.29, 0.717) is 9.47 Å². The average molecular weight is 364 g/mol. The molecular weight excluding hydrogens is 344 g/mol. The van der Waals surface area contributed by atoms with Gasteiger partial charge in [-0.3, -0.25) is 9.59 Å². The third kappa shape index (κ3) is 4.78. The standard InChI is InChI=1S/C16H20N4O2S2/c1-8-6-9(2)13(10(3)7-8)18-14(22)11(4)23-16-20-19-15(24-16)17-12(5)21/h6-7,11H,1-5H3,(H,18,22)(H,17,19,21)/t11-/m1/s1. The van der Waals surface area contributed by atoms with Gasteiger partial charge in [-0.2, -0.15) is 0 Å². The van der Waals surface area contributed by atoms with Crippen LogP contribution in [0.4, 0.5) is 10.8 Å². The summed E-state index contributed by atoms with van der Waals surface area (Å²) < 4.78 is 0.638. The minimum absolute atomic E-state index is 0.0914. The SMILES string of the molecule is CC(=O)Nc1nnc(S[C@H](C)C(=O)Nc2c(C)cc(C)cc2C)s1. The van der Waals surface area contributed by atoms with Crippen LogP contribution in [-0.4, -0.2) is 27.3 Å². The van der Waals surface area contributed by atoms with Crippen molar-refractivity contribution in [2.45, 2.75) is 44.2 Å². The number of rotatable bonds is 5. The molecule has 0 aliphatic heterocycles. The lowest BCUT2D eigenvalue weighted by Gasteiger charge is -2.15. The van der Waals surface area contributed by atoms with Crippen molar-refractivity contribution in [3.05, 3.63) is 28.8 Å². The number of aromatic nitrogens is 2. The molecule has 2 rings (SSSR count). The predicted octanol–water partition coefficient (Wildman–Crippen LogP) is 3.54. The number of carbonyl (C=O) groups excluding carboxylic acids is 2. The van der Waals surface area contributed by atoms with Crippen LogP contribution in [0.5, 0.6) is 0 Å². The summed E-state index contributed by atoms with van der Waals surface area (Å²) in [6, 6.07) is 4.09. The molecule has 2 aromatic rings. The zero-order valence-electron chi connectivity index (χ0n) is 14.3. The lowest BCUT2D eigenvalue weighted by molar-refractivity contribution is -0.115. The fourth-order valence-electron chi connectivity index (χ4n) is 2.27. The lowest BCUT2D eigenvalue weighted by Crippen LogP contribution is -2.23. The Morgan fingerprint density at radius 2 is 1.75 bits per heavy atom. The first kappa shape index (κ1) is 18.4. The summed E-state index contributed by atoms with van der Waals surface area (Å²) in [5.74, 6) is -0.287. The van der Waals surface area contributed by atoms with Gasteiger partial charge < -0.3 is 10.6 Å². The number of benzene rings is 1. The number of nitrogens with one attached hydrogen (secondary N) is 2. The van der Waals surface area contributed by atoms with Gasteiger partial charge in [0.15, 0.2) is 4.34 Å². The molecule has 0 saturated carbocycles. The molecule has 0 aliphatic carbocycles. The zero-order chi connectivity index (χ0) is 17.9. The third-order valence-corrected chi connectivity index (χ3v) is 5.28. The van der Waals surface area contributed by atoms with E-state index >= 15 is 0 Å². The van der Waals surface area contributed by atoms with Crippen molar-refractivity contribution in [1.29, 1.82) is 0 Å². The molecule has 1 atom stereocenters. The molecule has 0 unspecified atom stereocenters. The normalized spacial score (nSPS) is 11.9. The Labute approximate surface area is 149 Å². The molecular formula is C16H20N4O2S2. The second-order valence-corrected chi connectivity index (χ2v) is 8.14. The van der Waals surface area contributed by atoms with Gasteiger partial charge in [-0.1, -0.05) is 40.8 Å². The highest BCUT2D eigenvalue weighted by Crippen LogP contribution is 2.30. The van der Waals surface area contributed by atoms with Crippen molar-refractivity contribution >= 4 is 45.7 Å². The maximum Gasteiger partial charge on any atom is 0.237 e. The van der Waals surface area contributed by atoms with Gasteiger partial charge in [-0.05, 0) is 38.8 Å². The van der Waals surface area contributed by atoms with Crippen LogP contribution in [0, 0.1) is 20.8 Å². The van der Waals surface area contributed by atoms with Crippen LogP contribution in [0.1, 0.15) is 30.5 Å². The monoisotopic (exact) mass is 364 g/mol. The quantitative estimate of drug-likeness (QED) is 0.626. The van der Waals surface area contributed by atoms with Crippen molar-refractivity contribution in [2.75, 3.05) is 10.6 Å². The van der Waals surface area contributed by atoms with E-state index in [1.54, 1.807) is 0 Å². The number of nitrogens with zero attached hydrogens (tertiary/aromatic N) is 2. The van der Waals surface area contributed by atoms with Crippen LogP contribution in [0.15, 0.2) is 16.5 Å². The fraction of sp³-hybridized carbons (Fsp3) is 0.375. The Morgan fingerprint density at radius 3 is 2.33 bits per heavy atom. The van der Waals surface area contributed by atoms with Crippen molar-refractivity contribution in [1.82, 2.24) is 10.2 Å². The average Bonchev–Trinajstić information content (AvgIpc) is 2.88. The molecule has 0 bridgehead atoms. The van der Waals surface area contributed by atoms with Crippen molar-refractivity contribution in [3.8, 4) is 0 Å². The maximum atomic E-state index is 12.4. The summed E-state index contributed by atoms with van der Waals surface area (Å²) in [7, 11) is 0. The van der Waals surface area contributed by atoms with Gasteiger partial charge in [0, 0.05) is 12.6 Å². The molecule has 0 fully saturated rings. The number of anilines is 2. The van der Waals surface area contributed by atoms with Crippen molar-refractivity contribution in [2.24, 2.45) is 0 Å². The smallest absolute Gasteiger partial charge is 0.237 e. The summed E-state index contributed by atoms with van der Waals surface area (Å²) in [5, 5.41) is 13.5. The largest absolute Gasteiger partial charge is 0.325 e. The van der Waals surface area contributed by atoms with Gasteiger partial charge >= 0.3 is 0 Å². The predicted molar refractivity (Wildman–Crippen MR) is 98.8 cm³/mol. The van der Waals surface area contributed by atoms with Crippen LogP contribution < -0.4 is 10.6 Å². The summed E-state index contributed by atoms with van der Waals surface area (Å²) in [6.45, 7) is 9.23. The molecule has 1 heterocycles. The topological polar surface area (TPSA) is 84.0 Å². The number of amides is 2. The van der Waals surface area contributed by atoms with Crippen LogP contribution in [0.3, 0.4) is 0 Å². The number of thioether (sulfide) groups is 1. The molecule has 0 aliphatic rings. The molecule has 2 amide bonds. The van der Waals surface area contributed by atoms with E-state index in [1.165, 1.54) is 35.6 Å². The number of aryl methyl sites for hydroxylation is 3. The minimum atomic E-state index is -0.330. The Balaban J connectivity index is 2.02. The molecule has 0 saturated heterocycles. The Morgan fingerprint density at radius 1 is 1.12 bits per heavy atom. The fourth-order valence-corrected chi connectivity index (χ4v) is 4.21. The first-order valence-electron chi connectivity index (χ1n) is 7.42. The van der Waals surface area contributed by atoms with Gasteiger partial charge in [0.05, 0.1) is 5.25 Å². The van der Waals surface area contributed by atoms with Crippen molar-refractivity contribution in [3.63, 3.8) is 0 Å². The van der Waals surface area contributed by atoms with Crippen LogP contribution in [-0.2, 0) is 9.59 Å². The number of hydrogen-bond donors (Lipinski definition) is 2. The summed E-state index contributed by atoms with van der Waals surface area (Å²) >= 11 is 2.57. The van der Waals surface area contributed by atoms with Gasteiger partial charge in [-0.15, -0.1) is 10.2 Å². The van der Waals surface area contributed by atoms with E-state index in [2.05, 4.69) is 20.8 Å². The second kappa shape index (κ2) is 7.76. The van der Waals surface area contributed by atoms with Crippen LogP contribution >= 0.6 is 23.1 Å². The Hall–Kier alpha value is -1.93. The highest BCUT2D eigenvalue weighted by Gasteiger charge is 2.19. The molecule has 1 aromatic heterocycles. The molecule has 8 heteroatoms. The van der Waals surface area contributed by atoms with E-state index in [0.717, 1.165) is 16.8 Å². The van der Waals surface area contributed by atoms with E-state index in [9.17, 15) is 9.59 Å². The summed E-state index contributed by atoms with van der Waals surface area (Å²) in [4.78, 5) is 23.4. The maximum absolute atomic E-state index is 12.4. The Bertz CT molecular complexity index is 750. The Kier molecular flexibility index (Phi) is 5.95. The van der Waals surface area contributed by atoms with Gasteiger partial charge in [0.2, 0.25) is 16.9 Å². The van der Waals surface area contributed by atoms with E-state index in [1.807, 2.05) is 39.8 Å². The van der Waals surface area contributed by atoms with Crippen LogP contribution in [0.25, 0.3) is 0 Å². The summed E-state index contributed by atoms with van der Waals surface area (Å²) in [6.07, 6.45) is 0. The molecule has 0 radical (unpaired) electrons. The second-order valence-electron chi connectivity index (χ2n) is 5.58.